The Morgan fingerprint density at radius 3 is 2.47 bits per heavy atom. The van der Waals surface area contributed by atoms with Crippen LogP contribution in [0.1, 0.15) is 5.56 Å². The van der Waals surface area contributed by atoms with Gasteiger partial charge in [0.2, 0.25) is 0 Å². The number of nitrogens with two attached hydrogens (primary N) is 1. The van der Waals surface area contributed by atoms with Crippen LogP contribution < -0.4 is 11.1 Å². The molecule has 0 heterocycles. The Hall–Kier alpha value is -2.17. The van der Waals surface area contributed by atoms with E-state index in [2.05, 4.69) is 5.32 Å². The summed E-state index contributed by atoms with van der Waals surface area (Å²) >= 11 is 0. The summed E-state index contributed by atoms with van der Waals surface area (Å²) in [7, 11) is 0. The SMILES string of the molecule is Nc1c(F)cccc1NCCc1ccc(F)c(F)c1. The molecule has 5 heteroatoms. The number of benzene rings is 2. The molecule has 100 valence electrons. The van der Waals surface area contributed by atoms with Crippen LogP contribution in [0.3, 0.4) is 0 Å². The first-order chi connectivity index (χ1) is 9.08. The maximum Gasteiger partial charge on any atom is 0.159 e. The van der Waals surface area contributed by atoms with Gasteiger partial charge in [-0.2, -0.15) is 0 Å². The maximum absolute atomic E-state index is 13.2. The zero-order chi connectivity index (χ0) is 13.8. The molecule has 0 spiro atoms. The lowest BCUT2D eigenvalue weighted by atomic mass is 10.1. The Morgan fingerprint density at radius 2 is 1.74 bits per heavy atom. The van der Waals surface area contributed by atoms with Crippen molar-refractivity contribution in [2.75, 3.05) is 17.6 Å². The predicted octanol–water partition coefficient (Wildman–Crippen LogP) is 3.34. The molecule has 0 aliphatic carbocycles. The molecular formula is C14H13F3N2. The van der Waals surface area contributed by atoms with E-state index >= 15 is 0 Å². The Bertz CT molecular complexity index is 585. The standard InChI is InChI=1S/C14H13F3N2/c15-10-5-4-9(8-12(10)17)6-7-19-13-3-1-2-11(16)14(13)18/h1-5,8,19H,6-7,18H2. The Kier molecular flexibility index (Phi) is 3.94. The summed E-state index contributed by atoms with van der Waals surface area (Å²) in [5, 5.41) is 2.96. The van der Waals surface area contributed by atoms with Crippen LogP contribution in [0.15, 0.2) is 36.4 Å². The van der Waals surface area contributed by atoms with Crippen molar-refractivity contribution >= 4 is 11.4 Å². The Balaban J connectivity index is 1.96. The molecule has 3 N–H and O–H groups in total. The molecule has 0 aromatic heterocycles. The highest BCUT2D eigenvalue weighted by Gasteiger charge is 2.05. The number of anilines is 2. The molecule has 0 saturated carbocycles. The molecule has 2 rings (SSSR count). The lowest BCUT2D eigenvalue weighted by Gasteiger charge is -2.09. The molecule has 0 atom stereocenters. The Labute approximate surface area is 109 Å². The highest BCUT2D eigenvalue weighted by Crippen LogP contribution is 2.21. The second-order valence-corrected chi connectivity index (χ2v) is 4.13. The van der Waals surface area contributed by atoms with Crippen LogP contribution in [-0.2, 0) is 6.42 Å². The first-order valence-corrected chi connectivity index (χ1v) is 5.79. The molecule has 2 aromatic rings. The molecule has 0 aliphatic rings. The molecule has 0 bridgehead atoms. The summed E-state index contributed by atoms with van der Waals surface area (Å²) in [6.45, 7) is 0.443. The van der Waals surface area contributed by atoms with Gasteiger partial charge in [0.05, 0.1) is 11.4 Å². The number of nitrogens with one attached hydrogen (secondary N) is 1. The van der Waals surface area contributed by atoms with E-state index in [4.69, 9.17) is 5.73 Å². The summed E-state index contributed by atoms with van der Waals surface area (Å²) in [6.07, 6.45) is 0.479. The monoisotopic (exact) mass is 266 g/mol. The van der Waals surface area contributed by atoms with Crippen LogP contribution in [-0.4, -0.2) is 6.54 Å². The summed E-state index contributed by atoms with van der Waals surface area (Å²) in [6, 6.07) is 8.22. The largest absolute Gasteiger partial charge is 0.395 e. The molecule has 0 radical (unpaired) electrons. The number of nitrogen functional groups attached to an aromatic ring is 1. The van der Waals surface area contributed by atoms with Crippen molar-refractivity contribution in [3.8, 4) is 0 Å². The average Bonchev–Trinajstić information content (AvgIpc) is 2.39. The van der Waals surface area contributed by atoms with Gasteiger partial charge in [0.25, 0.3) is 0 Å². The highest BCUT2D eigenvalue weighted by atomic mass is 19.2. The number of hydrogen-bond acceptors (Lipinski definition) is 2. The molecule has 2 nitrogen and oxygen atoms in total. The number of halogens is 3. The molecule has 0 amide bonds. The van der Waals surface area contributed by atoms with Crippen LogP contribution in [0.25, 0.3) is 0 Å². The van der Waals surface area contributed by atoms with E-state index in [0.717, 1.165) is 12.1 Å². The lowest BCUT2D eigenvalue weighted by molar-refractivity contribution is 0.507. The molecule has 0 aliphatic heterocycles. The second kappa shape index (κ2) is 5.65. The van der Waals surface area contributed by atoms with Crippen molar-refractivity contribution in [1.29, 1.82) is 0 Å². The van der Waals surface area contributed by atoms with E-state index in [9.17, 15) is 13.2 Å². The second-order valence-electron chi connectivity index (χ2n) is 4.13. The van der Waals surface area contributed by atoms with Gasteiger partial charge in [-0.15, -0.1) is 0 Å². The van der Waals surface area contributed by atoms with Crippen LogP contribution in [0.4, 0.5) is 24.5 Å². The van der Waals surface area contributed by atoms with E-state index < -0.39 is 17.5 Å². The summed E-state index contributed by atoms with van der Waals surface area (Å²) in [4.78, 5) is 0. The zero-order valence-corrected chi connectivity index (χ0v) is 10.1. The van der Waals surface area contributed by atoms with Crippen molar-refractivity contribution in [3.63, 3.8) is 0 Å². The van der Waals surface area contributed by atoms with Crippen LogP contribution in [0.5, 0.6) is 0 Å². The number of hydrogen-bond donors (Lipinski definition) is 2. The van der Waals surface area contributed by atoms with Gasteiger partial charge in [0.15, 0.2) is 11.6 Å². The van der Waals surface area contributed by atoms with E-state index in [1.54, 1.807) is 12.1 Å². The molecule has 0 unspecified atom stereocenters. The molecular weight excluding hydrogens is 253 g/mol. The average molecular weight is 266 g/mol. The topological polar surface area (TPSA) is 38.0 Å². The van der Waals surface area contributed by atoms with E-state index in [0.29, 0.717) is 24.2 Å². The number of para-hydroxylation sites is 1. The van der Waals surface area contributed by atoms with E-state index in [1.807, 2.05) is 0 Å². The first kappa shape index (κ1) is 13.3. The van der Waals surface area contributed by atoms with Gasteiger partial charge in [-0.1, -0.05) is 12.1 Å². The number of rotatable bonds is 4. The van der Waals surface area contributed by atoms with Gasteiger partial charge in [0, 0.05) is 6.54 Å². The van der Waals surface area contributed by atoms with Gasteiger partial charge in [-0.3, -0.25) is 0 Å². The maximum atomic E-state index is 13.2. The smallest absolute Gasteiger partial charge is 0.159 e. The minimum absolute atomic E-state index is 0.0489. The summed E-state index contributed by atoms with van der Waals surface area (Å²) < 4.78 is 38.9. The van der Waals surface area contributed by atoms with Gasteiger partial charge < -0.3 is 11.1 Å². The van der Waals surface area contributed by atoms with Crippen molar-refractivity contribution in [2.45, 2.75) is 6.42 Å². The van der Waals surface area contributed by atoms with Gasteiger partial charge >= 0.3 is 0 Å². The Morgan fingerprint density at radius 1 is 0.947 bits per heavy atom. The third kappa shape index (κ3) is 3.19. The molecule has 2 aromatic carbocycles. The van der Waals surface area contributed by atoms with Gasteiger partial charge in [-0.25, -0.2) is 13.2 Å². The fraction of sp³-hybridized carbons (Fsp3) is 0.143. The lowest BCUT2D eigenvalue weighted by Crippen LogP contribution is -2.08. The van der Waals surface area contributed by atoms with Crippen molar-refractivity contribution < 1.29 is 13.2 Å². The van der Waals surface area contributed by atoms with Gasteiger partial charge in [-0.05, 0) is 36.2 Å². The van der Waals surface area contributed by atoms with Gasteiger partial charge in [0.1, 0.15) is 5.82 Å². The fourth-order valence-corrected chi connectivity index (χ4v) is 1.73. The molecule has 19 heavy (non-hydrogen) atoms. The normalized spacial score (nSPS) is 10.5. The van der Waals surface area contributed by atoms with Crippen LogP contribution in [0.2, 0.25) is 0 Å². The summed E-state index contributed by atoms with van der Waals surface area (Å²) in [5.74, 6) is -2.23. The quantitative estimate of drug-likeness (QED) is 0.833. The van der Waals surface area contributed by atoms with E-state index in [-0.39, 0.29) is 5.69 Å². The fourth-order valence-electron chi connectivity index (χ4n) is 1.73. The highest BCUT2D eigenvalue weighted by molar-refractivity contribution is 5.66. The predicted molar refractivity (Wildman–Crippen MR) is 69.4 cm³/mol. The van der Waals surface area contributed by atoms with E-state index in [1.165, 1.54) is 12.1 Å². The van der Waals surface area contributed by atoms with Crippen molar-refractivity contribution in [1.82, 2.24) is 0 Å². The molecule has 0 saturated heterocycles. The summed E-state index contributed by atoms with van der Waals surface area (Å²) in [5.41, 5.74) is 6.75. The molecule has 0 fully saturated rings. The first-order valence-electron chi connectivity index (χ1n) is 5.79. The zero-order valence-electron chi connectivity index (χ0n) is 10.1. The van der Waals surface area contributed by atoms with Crippen molar-refractivity contribution in [2.24, 2.45) is 0 Å². The van der Waals surface area contributed by atoms with Crippen LogP contribution >= 0.6 is 0 Å². The third-order valence-corrected chi connectivity index (χ3v) is 2.77. The van der Waals surface area contributed by atoms with Crippen molar-refractivity contribution in [3.05, 3.63) is 59.4 Å². The minimum Gasteiger partial charge on any atom is -0.395 e. The minimum atomic E-state index is -0.872. The third-order valence-electron chi connectivity index (χ3n) is 2.77. The van der Waals surface area contributed by atoms with Crippen LogP contribution in [0, 0.1) is 17.5 Å².